The molecule has 1 aliphatic rings. The van der Waals surface area contributed by atoms with Gasteiger partial charge in [0.25, 0.3) is 11.8 Å². The molecule has 4 rings (SSSR count). The lowest BCUT2D eigenvalue weighted by atomic mass is 10.0. The Hall–Kier alpha value is -3.93. The second kappa shape index (κ2) is 11.2. The van der Waals surface area contributed by atoms with Gasteiger partial charge < -0.3 is 9.47 Å². The molecule has 3 aromatic rings. The minimum absolute atomic E-state index is 0.0528. The highest BCUT2D eigenvalue weighted by atomic mass is 79.9. The van der Waals surface area contributed by atoms with Crippen molar-refractivity contribution in [3.63, 3.8) is 0 Å². The first-order chi connectivity index (χ1) is 17.5. The van der Waals surface area contributed by atoms with E-state index in [1.165, 1.54) is 15.9 Å². The van der Waals surface area contributed by atoms with Gasteiger partial charge in [0.1, 0.15) is 12.2 Å². The van der Waals surface area contributed by atoms with Gasteiger partial charge in [0.2, 0.25) is 0 Å². The fraction of sp³-hybridized carbons (Fsp3) is 0.107. The summed E-state index contributed by atoms with van der Waals surface area (Å²) in [7, 11) is 0. The summed E-state index contributed by atoms with van der Waals surface area (Å²) in [5.74, 6) is 2.25. The minimum Gasteiger partial charge on any atom is -0.490 e. The van der Waals surface area contributed by atoms with E-state index >= 15 is 0 Å². The van der Waals surface area contributed by atoms with Crippen LogP contribution in [0.5, 0.6) is 11.5 Å². The first kappa shape index (κ1) is 25.2. The number of amides is 2. The van der Waals surface area contributed by atoms with Crippen LogP contribution in [0.3, 0.4) is 0 Å². The zero-order chi connectivity index (χ0) is 25.7. The molecule has 1 saturated heterocycles. The number of hydrogen-bond donors (Lipinski definition) is 0. The van der Waals surface area contributed by atoms with Crippen LogP contribution in [-0.2, 0) is 9.59 Å². The molecule has 3 aromatic carbocycles. The van der Waals surface area contributed by atoms with Gasteiger partial charge in [-0.1, -0.05) is 42.3 Å². The number of anilines is 2. The van der Waals surface area contributed by atoms with Crippen LogP contribution in [-0.4, -0.2) is 30.1 Å². The highest BCUT2D eigenvalue weighted by molar-refractivity contribution is 9.10. The van der Waals surface area contributed by atoms with Crippen LogP contribution >= 0.6 is 28.1 Å². The molecule has 0 saturated carbocycles. The van der Waals surface area contributed by atoms with Crippen molar-refractivity contribution in [3.8, 4) is 23.8 Å². The van der Waals surface area contributed by atoms with Gasteiger partial charge in [-0.15, -0.1) is 6.42 Å². The number of thiocarbonyl (C=S) groups is 1. The highest BCUT2D eigenvalue weighted by Gasteiger charge is 2.41. The summed E-state index contributed by atoms with van der Waals surface area (Å²) in [5, 5.41) is 0.0776. The molecule has 180 valence electrons. The molecule has 1 aliphatic heterocycles. The number of para-hydroxylation sites is 2. The van der Waals surface area contributed by atoms with E-state index < -0.39 is 11.8 Å². The van der Waals surface area contributed by atoms with Crippen LogP contribution in [0.15, 0.2) is 82.8 Å². The Kier molecular flexibility index (Phi) is 7.84. The lowest BCUT2D eigenvalue weighted by Gasteiger charge is -2.36. The second-order valence-corrected chi connectivity index (χ2v) is 8.77. The van der Waals surface area contributed by atoms with E-state index in [1.54, 1.807) is 60.7 Å². The SMILES string of the molecule is C#CCOc1c(Br)cc(C=C2C(=O)N(c3ccccc3)C(=S)N(c3ccccc3)C2=O)cc1OCC. The standard InChI is InChI=1S/C28H21BrN2O4S/c1-3-15-35-25-23(29)17-19(18-24(25)34-4-2)16-22-26(32)30(20-11-7-5-8-12-20)28(36)31(27(22)33)21-13-9-6-10-14-21/h1,5-14,16-18H,4,15H2,2H3. The van der Waals surface area contributed by atoms with Crippen molar-refractivity contribution in [1.82, 2.24) is 0 Å². The van der Waals surface area contributed by atoms with Crippen molar-refractivity contribution < 1.29 is 19.1 Å². The number of carbonyl (C=O) groups is 2. The molecule has 2 amide bonds. The summed E-state index contributed by atoms with van der Waals surface area (Å²) < 4.78 is 11.9. The smallest absolute Gasteiger partial charge is 0.270 e. The summed E-state index contributed by atoms with van der Waals surface area (Å²) in [5.41, 5.74) is 1.62. The summed E-state index contributed by atoms with van der Waals surface area (Å²) in [6.45, 7) is 2.29. The van der Waals surface area contributed by atoms with E-state index in [1.807, 2.05) is 19.1 Å². The first-order valence-electron chi connectivity index (χ1n) is 11.0. The molecule has 0 spiro atoms. The van der Waals surface area contributed by atoms with Crippen LogP contribution in [0, 0.1) is 12.3 Å². The van der Waals surface area contributed by atoms with Crippen LogP contribution in [0.4, 0.5) is 11.4 Å². The zero-order valence-corrected chi connectivity index (χ0v) is 21.7. The zero-order valence-electron chi connectivity index (χ0n) is 19.3. The van der Waals surface area contributed by atoms with Crippen molar-refractivity contribution in [2.75, 3.05) is 23.0 Å². The maximum Gasteiger partial charge on any atom is 0.270 e. The van der Waals surface area contributed by atoms with E-state index in [0.29, 0.717) is 39.5 Å². The molecule has 0 unspecified atom stereocenters. The van der Waals surface area contributed by atoms with Gasteiger partial charge in [-0.05, 0) is 83.1 Å². The van der Waals surface area contributed by atoms with E-state index in [2.05, 4.69) is 21.9 Å². The Morgan fingerprint density at radius 2 is 1.50 bits per heavy atom. The third-order valence-electron chi connectivity index (χ3n) is 5.22. The topological polar surface area (TPSA) is 59.1 Å². The molecular formula is C28H21BrN2O4S. The van der Waals surface area contributed by atoms with Gasteiger partial charge >= 0.3 is 0 Å². The van der Waals surface area contributed by atoms with Crippen molar-refractivity contribution in [1.29, 1.82) is 0 Å². The summed E-state index contributed by atoms with van der Waals surface area (Å²) in [6, 6.07) is 21.4. The number of carbonyl (C=O) groups excluding carboxylic acids is 2. The maximum atomic E-state index is 13.7. The first-order valence-corrected chi connectivity index (χ1v) is 12.2. The molecular weight excluding hydrogens is 540 g/mol. The van der Waals surface area contributed by atoms with Crippen LogP contribution in [0.1, 0.15) is 12.5 Å². The number of ether oxygens (including phenoxy) is 2. The van der Waals surface area contributed by atoms with Gasteiger partial charge in [0.05, 0.1) is 22.5 Å². The highest BCUT2D eigenvalue weighted by Crippen LogP contribution is 2.38. The van der Waals surface area contributed by atoms with Crippen LogP contribution in [0.25, 0.3) is 6.08 Å². The monoisotopic (exact) mass is 560 g/mol. The average molecular weight is 561 g/mol. The van der Waals surface area contributed by atoms with E-state index in [4.69, 9.17) is 28.1 Å². The predicted octanol–water partition coefficient (Wildman–Crippen LogP) is 5.61. The van der Waals surface area contributed by atoms with Crippen molar-refractivity contribution in [2.45, 2.75) is 6.92 Å². The molecule has 1 fully saturated rings. The van der Waals surface area contributed by atoms with E-state index in [-0.39, 0.29) is 17.3 Å². The van der Waals surface area contributed by atoms with Gasteiger partial charge in [-0.25, -0.2) is 0 Å². The van der Waals surface area contributed by atoms with Crippen LogP contribution in [0.2, 0.25) is 0 Å². The Labute approximate surface area is 223 Å². The molecule has 1 heterocycles. The lowest BCUT2D eigenvalue weighted by Crippen LogP contribution is -2.56. The Morgan fingerprint density at radius 3 is 2.00 bits per heavy atom. The number of rotatable bonds is 7. The fourth-order valence-electron chi connectivity index (χ4n) is 3.69. The minimum atomic E-state index is -0.523. The normalized spacial score (nSPS) is 13.5. The molecule has 8 heteroatoms. The van der Waals surface area contributed by atoms with E-state index in [0.717, 1.165) is 0 Å². The third-order valence-corrected chi connectivity index (χ3v) is 6.18. The summed E-state index contributed by atoms with van der Waals surface area (Å²) >= 11 is 9.13. The van der Waals surface area contributed by atoms with Gasteiger partial charge in [0, 0.05) is 0 Å². The van der Waals surface area contributed by atoms with Gasteiger partial charge in [-0.3, -0.25) is 19.4 Å². The molecule has 0 N–H and O–H groups in total. The molecule has 0 aliphatic carbocycles. The molecule has 6 nitrogen and oxygen atoms in total. The maximum absolute atomic E-state index is 13.7. The Balaban J connectivity index is 1.85. The summed E-state index contributed by atoms with van der Waals surface area (Å²) in [6.07, 6.45) is 6.86. The predicted molar refractivity (Wildman–Crippen MR) is 148 cm³/mol. The number of hydrogen-bond acceptors (Lipinski definition) is 5. The fourth-order valence-corrected chi connectivity index (χ4v) is 4.64. The quantitative estimate of drug-likeness (QED) is 0.163. The lowest BCUT2D eigenvalue weighted by molar-refractivity contribution is -0.120. The largest absolute Gasteiger partial charge is 0.490 e. The molecule has 0 aromatic heterocycles. The molecule has 0 bridgehead atoms. The number of terminal acetylenes is 1. The summed E-state index contributed by atoms with van der Waals surface area (Å²) in [4.78, 5) is 30.0. The van der Waals surface area contributed by atoms with Crippen molar-refractivity contribution in [3.05, 3.63) is 88.4 Å². The Bertz CT molecular complexity index is 1320. The molecule has 36 heavy (non-hydrogen) atoms. The number of halogens is 1. The van der Waals surface area contributed by atoms with Crippen molar-refractivity contribution >= 4 is 62.5 Å². The second-order valence-electron chi connectivity index (χ2n) is 7.55. The Morgan fingerprint density at radius 1 is 0.944 bits per heavy atom. The average Bonchev–Trinajstić information content (AvgIpc) is 2.88. The van der Waals surface area contributed by atoms with Gasteiger partial charge in [-0.2, -0.15) is 0 Å². The third kappa shape index (κ3) is 5.03. The van der Waals surface area contributed by atoms with E-state index in [9.17, 15) is 9.59 Å². The van der Waals surface area contributed by atoms with Gasteiger partial charge in [0.15, 0.2) is 16.6 Å². The molecule has 0 atom stereocenters. The van der Waals surface area contributed by atoms with Crippen LogP contribution < -0.4 is 19.3 Å². The molecule has 0 radical (unpaired) electrons. The number of benzene rings is 3. The number of nitrogens with zero attached hydrogens (tertiary/aromatic N) is 2. The van der Waals surface area contributed by atoms with Crippen molar-refractivity contribution in [2.24, 2.45) is 0 Å².